The first-order chi connectivity index (χ1) is 15.0. The van der Waals surface area contributed by atoms with Gasteiger partial charge in [0.1, 0.15) is 12.4 Å². The third-order valence-corrected chi connectivity index (χ3v) is 6.50. The summed E-state index contributed by atoms with van der Waals surface area (Å²) in [5.74, 6) is 2.60. The minimum Gasteiger partial charge on any atom is -0.486 e. The summed E-state index contributed by atoms with van der Waals surface area (Å²) in [5, 5.41) is 11.4. The lowest BCUT2D eigenvalue weighted by Crippen LogP contribution is -2.13. The molecular formula is C22H25N5O2S2. The first-order valence-electron chi connectivity index (χ1n) is 10.3. The van der Waals surface area contributed by atoms with Crippen molar-refractivity contribution in [2.24, 2.45) is 5.92 Å². The number of hydrogen-bond acceptors (Lipinski definition) is 7. The molecule has 1 aromatic carbocycles. The van der Waals surface area contributed by atoms with Crippen LogP contribution in [0.1, 0.15) is 37.9 Å². The van der Waals surface area contributed by atoms with Crippen molar-refractivity contribution in [3.8, 4) is 5.75 Å². The van der Waals surface area contributed by atoms with Crippen LogP contribution in [-0.4, -0.2) is 24.1 Å². The monoisotopic (exact) mass is 455 g/mol. The van der Waals surface area contributed by atoms with Gasteiger partial charge in [-0.25, -0.2) is 4.98 Å². The molecule has 162 valence electrons. The summed E-state index contributed by atoms with van der Waals surface area (Å²) in [4.78, 5) is 17.5. The molecule has 0 saturated carbocycles. The molecule has 0 atom stereocenters. The van der Waals surface area contributed by atoms with E-state index < -0.39 is 0 Å². The Kier molecular flexibility index (Phi) is 6.72. The minimum atomic E-state index is -0.0614. The summed E-state index contributed by atoms with van der Waals surface area (Å²) in [6.45, 7) is 7.61. The second-order valence-electron chi connectivity index (χ2n) is 7.62. The highest BCUT2D eigenvalue weighted by molar-refractivity contribution is 7.98. The zero-order chi connectivity index (χ0) is 21.8. The molecule has 9 heteroatoms. The molecule has 0 unspecified atom stereocenters. The fourth-order valence-electron chi connectivity index (χ4n) is 3.15. The SMILES string of the molecule is CCc1ccc(OCc2nnc(SCc3cc(=O)n4ccsc4n3)n2CC(C)C)cc1. The maximum absolute atomic E-state index is 12.2. The van der Waals surface area contributed by atoms with Crippen LogP contribution >= 0.6 is 23.1 Å². The molecule has 7 nitrogen and oxygen atoms in total. The molecule has 0 bridgehead atoms. The fourth-order valence-corrected chi connectivity index (χ4v) is 4.75. The number of nitrogens with zero attached hydrogens (tertiary/aromatic N) is 5. The van der Waals surface area contributed by atoms with E-state index in [1.165, 1.54) is 28.7 Å². The highest BCUT2D eigenvalue weighted by Gasteiger charge is 2.15. The van der Waals surface area contributed by atoms with Crippen molar-refractivity contribution in [2.45, 2.75) is 51.3 Å². The Bertz CT molecular complexity index is 1210. The van der Waals surface area contributed by atoms with Crippen LogP contribution in [0.3, 0.4) is 0 Å². The van der Waals surface area contributed by atoms with Gasteiger partial charge in [0, 0.05) is 29.9 Å². The van der Waals surface area contributed by atoms with Crippen molar-refractivity contribution >= 4 is 28.1 Å². The third kappa shape index (κ3) is 5.16. The zero-order valence-electron chi connectivity index (χ0n) is 17.8. The molecule has 0 radical (unpaired) electrons. The van der Waals surface area contributed by atoms with Crippen molar-refractivity contribution < 1.29 is 4.74 Å². The van der Waals surface area contributed by atoms with E-state index in [1.807, 2.05) is 17.5 Å². The van der Waals surface area contributed by atoms with Gasteiger partial charge in [0.15, 0.2) is 15.9 Å². The molecule has 0 aliphatic rings. The van der Waals surface area contributed by atoms with Crippen molar-refractivity contribution in [3.63, 3.8) is 0 Å². The van der Waals surface area contributed by atoms with E-state index in [2.05, 4.69) is 52.7 Å². The molecule has 0 N–H and O–H groups in total. The summed E-state index contributed by atoms with van der Waals surface area (Å²) in [6.07, 6.45) is 2.75. The first kappa shape index (κ1) is 21.6. The molecule has 0 spiro atoms. The lowest BCUT2D eigenvalue weighted by atomic mass is 10.2. The molecule has 31 heavy (non-hydrogen) atoms. The number of fused-ring (bicyclic) bond motifs is 1. The predicted octanol–water partition coefficient (Wildman–Crippen LogP) is 4.44. The van der Waals surface area contributed by atoms with Gasteiger partial charge < -0.3 is 9.30 Å². The summed E-state index contributed by atoms with van der Waals surface area (Å²) in [7, 11) is 0. The number of aryl methyl sites for hydroxylation is 1. The fraction of sp³-hybridized carbons (Fsp3) is 0.364. The lowest BCUT2D eigenvalue weighted by molar-refractivity contribution is 0.284. The Balaban J connectivity index is 1.48. The quantitative estimate of drug-likeness (QED) is 0.348. The van der Waals surface area contributed by atoms with Crippen LogP contribution < -0.4 is 10.3 Å². The summed E-state index contributed by atoms with van der Waals surface area (Å²) < 4.78 is 9.62. The number of thiazole rings is 1. The average molecular weight is 456 g/mol. The van der Waals surface area contributed by atoms with Crippen LogP contribution in [0, 0.1) is 5.92 Å². The van der Waals surface area contributed by atoms with Crippen LogP contribution in [0.15, 0.2) is 51.9 Å². The van der Waals surface area contributed by atoms with Gasteiger partial charge in [-0.3, -0.25) is 9.20 Å². The van der Waals surface area contributed by atoms with Crippen LogP contribution in [-0.2, 0) is 25.3 Å². The Labute approximate surface area is 189 Å². The Morgan fingerprint density at radius 1 is 1.19 bits per heavy atom. The van der Waals surface area contributed by atoms with E-state index >= 15 is 0 Å². The molecule has 0 saturated heterocycles. The molecule has 0 aliphatic heterocycles. The van der Waals surface area contributed by atoms with Gasteiger partial charge in [-0.15, -0.1) is 21.5 Å². The normalized spacial score (nSPS) is 11.5. The van der Waals surface area contributed by atoms with Crippen molar-refractivity contribution in [1.82, 2.24) is 24.1 Å². The van der Waals surface area contributed by atoms with Gasteiger partial charge in [0.05, 0.1) is 5.69 Å². The Hall–Kier alpha value is -2.65. The Morgan fingerprint density at radius 3 is 2.74 bits per heavy atom. The number of thioether (sulfide) groups is 1. The summed E-state index contributed by atoms with van der Waals surface area (Å²) in [6, 6.07) is 9.72. The molecule has 4 aromatic rings. The van der Waals surface area contributed by atoms with E-state index in [4.69, 9.17) is 4.74 Å². The van der Waals surface area contributed by atoms with Crippen LogP contribution in [0.5, 0.6) is 5.75 Å². The molecule has 4 rings (SSSR count). The largest absolute Gasteiger partial charge is 0.486 e. The van der Waals surface area contributed by atoms with Crippen molar-refractivity contribution in [1.29, 1.82) is 0 Å². The zero-order valence-corrected chi connectivity index (χ0v) is 19.4. The molecule has 0 amide bonds. The third-order valence-electron chi connectivity index (χ3n) is 4.75. The van der Waals surface area contributed by atoms with Crippen molar-refractivity contribution in [2.75, 3.05) is 0 Å². The standard InChI is InChI=1S/C22H25N5O2S2/c1-4-16-5-7-18(8-6-16)29-13-19-24-25-22(27(19)12-15(2)3)31-14-17-11-20(28)26-9-10-30-21(26)23-17/h5-11,15H,4,12-14H2,1-3H3. The average Bonchev–Trinajstić information content (AvgIpc) is 3.38. The number of benzene rings is 1. The maximum Gasteiger partial charge on any atom is 0.258 e. The van der Waals surface area contributed by atoms with Gasteiger partial charge >= 0.3 is 0 Å². The molecule has 3 heterocycles. The first-order valence-corrected chi connectivity index (χ1v) is 12.1. The molecular weight excluding hydrogens is 430 g/mol. The van der Waals surface area contributed by atoms with Crippen LogP contribution in [0.25, 0.3) is 4.96 Å². The highest BCUT2D eigenvalue weighted by atomic mass is 32.2. The highest BCUT2D eigenvalue weighted by Crippen LogP contribution is 2.23. The van der Waals surface area contributed by atoms with Crippen molar-refractivity contribution in [3.05, 3.63) is 69.3 Å². The van der Waals surface area contributed by atoms with Gasteiger partial charge in [-0.2, -0.15) is 0 Å². The second kappa shape index (κ2) is 9.65. The number of ether oxygens (including phenoxy) is 1. The number of rotatable bonds is 9. The van der Waals surface area contributed by atoms with Crippen LogP contribution in [0.4, 0.5) is 0 Å². The number of hydrogen-bond donors (Lipinski definition) is 0. The van der Waals surface area contributed by atoms with E-state index in [1.54, 1.807) is 16.7 Å². The Morgan fingerprint density at radius 2 is 2.00 bits per heavy atom. The van der Waals surface area contributed by atoms with Gasteiger partial charge in [0.25, 0.3) is 5.56 Å². The topological polar surface area (TPSA) is 74.3 Å². The van der Waals surface area contributed by atoms with E-state index in [-0.39, 0.29) is 5.56 Å². The molecule has 0 aliphatic carbocycles. The van der Waals surface area contributed by atoms with Gasteiger partial charge in [-0.1, -0.05) is 44.7 Å². The van der Waals surface area contributed by atoms with E-state index in [0.717, 1.165) is 35.4 Å². The molecule has 3 aromatic heterocycles. The maximum atomic E-state index is 12.2. The second-order valence-corrected chi connectivity index (χ2v) is 9.43. The van der Waals surface area contributed by atoms with E-state index in [9.17, 15) is 4.79 Å². The minimum absolute atomic E-state index is 0.0614. The van der Waals surface area contributed by atoms with Crippen LogP contribution in [0.2, 0.25) is 0 Å². The van der Waals surface area contributed by atoms with Gasteiger partial charge in [0.2, 0.25) is 0 Å². The number of aromatic nitrogens is 5. The smallest absolute Gasteiger partial charge is 0.258 e. The van der Waals surface area contributed by atoms with E-state index in [0.29, 0.717) is 23.2 Å². The lowest BCUT2D eigenvalue weighted by Gasteiger charge is -2.13. The van der Waals surface area contributed by atoms with Gasteiger partial charge in [-0.05, 0) is 30.0 Å². The molecule has 0 fully saturated rings. The summed E-state index contributed by atoms with van der Waals surface area (Å²) in [5.41, 5.74) is 1.96. The predicted molar refractivity (Wildman–Crippen MR) is 124 cm³/mol. The summed E-state index contributed by atoms with van der Waals surface area (Å²) >= 11 is 2.99.